The predicted octanol–water partition coefficient (Wildman–Crippen LogP) is -1.49. The molecule has 0 aromatic rings. The first-order valence-electron chi connectivity index (χ1n) is 10.2. The Morgan fingerprint density at radius 3 is 1.97 bits per heavy atom. The summed E-state index contributed by atoms with van der Waals surface area (Å²) in [4.78, 5) is 59.7. The van der Waals surface area contributed by atoms with Crippen LogP contribution < -0.4 is 21.7 Å². The van der Waals surface area contributed by atoms with E-state index in [9.17, 15) is 34.2 Å². The van der Waals surface area contributed by atoms with E-state index in [1.54, 1.807) is 13.8 Å². The molecule has 0 fully saturated rings. The molecule has 0 aliphatic rings. The SMILES string of the molecule is CCC(C)C(NC(=O)C(CO)NC(=O)C(CCC(=O)O)NC(=O)C(N)CCSC)C(=O)O. The molecule has 13 heteroatoms. The maximum atomic E-state index is 12.6. The lowest BCUT2D eigenvalue weighted by Gasteiger charge is -2.25. The molecule has 0 bridgehead atoms. The van der Waals surface area contributed by atoms with Crippen LogP contribution in [0.1, 0.15) is 39.5 Å². The van der Waals surface area contributed by atoms with Crippen LogP contribution in [0, 0.1) is 5.92 Å². The van der Waals surface area contributed by atoms with Crippen LogP contribution in [0.5, 0.6) is 0 Å². The van der Waals surface area contributed by atoms with E-state index in [0.29, 0.717) is 18.6 Å². The van der Waals surface area contributed by atoms with Crippen molar-refractivity contribution in [2.45, 2.75) is 63.7 Å². The zero-order valence-electron chi connectivity index (χ0n) is 18.5. The number of rotatable bonds is 16. The predicted molar refractivity (Wildman–Crippen MR) is 118 cm³/mol. The van der Waals surface area contributed by atoms with Crippen molar-refractivity contribution in [2.75, 3.05) is 18.6 Å². The lowest BCUT2D eigenvalue weighted by atomic mass is 9.99. The summed E-state index contributed by atoms with van der Waals surface area (Å²) in [7, 11) is 0. The number of carbonyl (C=O) groups is 5. The van der Waals surface area contributed by atoms with Gasteiger partial charge in [0.2, 0.25) is 17.7 Å². The monoisotopic (exact) mass is 478 g/mol. The lowest BCUT2D eigenvalue weighted by molar-refractivity contribution is -0.144. The summed E-state index contributed by atoms with van der Waals surface area (Å²) < 4.78 is 0. The van der Waals surface area contributed by atoms with Gasteiger partial charge in [-0.15, -0.1) is 0 Å². The van der Waals surface area contributed by atoms with Crippen molar-refractivity contribution in [3.63, 3.8) is 0 Å². The Bertz CT molecular complexity index is 663. The molecule has 5 atom stereocenters. The normalized spacial score (nSPS) is 15.5. The third kappa shape index (κ3) is 10.8. The molecular weight excluding hydrogens is 444 g/mol. The third-order valence-corrected chi connectivity index (χ3v) is 5.49. The fourth-order valence-electron chi connectivity index (χ4n) is 2.59. The molecule has 0 aliphatic carbocycles. The van der Waals surface area contributed by atoms with Gasteiger partial charge in [0, 0.05) is 6.42 Å². The standard InChI is InChI=1S/C19H34N4O8S/c1-4-10(2)15(19(30)31)23-18(29)13(9-24)22-17(28)12(5-6-14(25)26)21-16(27)11(20)7-8-32-3/h10-13,15,24H,4-9,20H2,1-3H3,(H,21,27)(H,22,28)(H,23,29)(H,25,26)(H,30,31). The summed E-state index contributed by atoms with van der Waals surface area (Å²) in [6, 6.07) is -4.95. The number of nitrogens with two attached hydrogens (primary N) is 1. The molecule has 32 heavy (non-hydrogen) atoms. The number of aliphatic hydroxyl groups excluding tert-OH is 1. The molecule has 0 rings (SSSR count). The highest BCUT2D eigenvalue weighted by Crippen LogP contribution is 2.08. The summed E-state index contributed by atoms with van der Waals surface area (Å²) in [6.45, 7) is 2.54. The molecule has 5 unspecified atom stereocenters. The van der Waals surface area contributed by atoms with Crippen LogP contribution in [-0.2, 0) is 24.0 Å². The second kappa shape index (κ2) is 15.4. The fraction of sp³-hybridized carbons (Fsp3) is 0.737. The van der Waals surface area contributed by atoms with E-state index in [0.717, 1.165) is 0 Å². The van der Waals surface area contributed by atoms with Crippen LogP contribution in [0.4, 0.5) is 0 Å². The Morgan fingerprint density at radius 2 is 1.50 bits per heavy atom. The molecule has 0 aromatic heterocycles. The lowest BCUT2D eigenvalue weighted by Crippen LogP contribution is -2.58. The van der Waals surface area contributed by atoms with Crippen molar-refractivity contribution >= 4 is 41.4 Å². The molecule has 8 N–H and O–H groups in total. The summed E-state index contributed by atoms with van der Waals surface area (Å²) in [6.07, 6.45) is 1.93. The van der Waals surface area contributed by atoms with Crippen molar-refractivity contribution in [3.05, 3.63) is 0 Å². The molecule has 0 radical (unpaired) electrons. The minimum atomic E-state index is -1.50. The van der Waals surface area contributed by atoms with Gasteiger partial charge in [0.05, 0.1) is 12.6 Å². The molecule has 0 saturated carbocycles. The third-order valence-electron chi connectivity index (χ3n) is 4.84. The van der Waals surface area contributed by atoms with Gasteiger partial charge in [0.15, 0.2) is 0 Å². The van der Waals surface area contributed by atoms with Gasteiger partial charge in [-0.3, -0.25) is 19.2 Å². The highest BCUT2D eigenvalue weighted by Gasteiger charge is 2.31. The summed E-state index contributed by atoms with van der Waals surface area (Å²) in [5.74, 6) is -4.74. The number of carboxylic acid groups (broad SMARTS) is 2. The van der Waals surface area contributed by atoms with Crippen LogP contribution in [0.25, 0.3) is 0 Å². The number of nitrogens with one attached hydrogen (secondary N) is 3. The topological polar surface area (TPSA) is 208 Å². The van der Waals surface area contributed by atoms with E-state index in [2.05, 4.69) is 16.0 Å². The van der Waals surface area contributed by atoms with Gasteiger partial charge in [-0.05, 0) is 30.8 Å². The molecule has 184 valence electrons. The quantitative estimate of drug-likeness (QED) is 0.137. The number of carboxylic acids is 2. The smallest absolute Gasteiger partial charge is 0.326 e. The number of hydrogen-bond acceptors (Lipinski definition) is 8. The van der Waals surface area contributed by atoms with Crippen LogP contribution in [0.3, 0.4) is 0 Å². The number of aliphatic hydroxyl groups is 1. The first-order chi connectivity index (χ1) is 15.0. The van der Waals surface area contributed by atoms with Gasteiger partial charge >= 0.3 is 11.9 Å². The van der Waals surface area contributed by atoms with E-state index in [1.165, 1.54) is 11.8 Å². The number of hydrogen-bond donors (Lipinski definition) is 7. The number of thioether (sulfide) groups is 1. The molecule has 12 nitrogen and oxygen atoms in total. The van der Waals surface area contributed by atoms with Crippen molar-refractivity contribution in [1.82, 2.24) is 16.0 Å². The molecule has 0 saturated heterocycles. The van der Waals surface area contributed by atoms with E-state index in [1.807, 2.05) is 6.26 Å². The van der Waals surface area contributed by atoms with Crippen molar-refractivity contribution in [1.29, 1.82) is 0 Å². The molecule has 0 heterocycles. The van der Waals surface area contributed by atoms with Crippen LogP contribution in [0.15, 0.2) is 0 Å². The Morgan fingerprint density at radius 1 is 0.938 bits per heavy atom. The minimum Gasteiger partial charge on any atom is -0.481 e. The van der Waals surface area contributed by atoms with Crippen molar-refractivity contribution < 1.29 is 39.3 Å². The van der Waals surface area contributed by atoms with Gasteiger partial charge in [-0.25, -0.2) is 4.79 Å². The van der Waals surface area contributed by atoms with E-state index in [4.69, 9.17) is 10.8 Å². The number of aliphatic carboxylic acids is 2. The molecule has 0 spiro atoms. The second-order valence-electron chi connectivity index (χ2n) is 7.34. The minimum absolute atomic E-state index is 0.271. The highest BCUT2D eigenvalue weighted by atomic mass is 32.2. The van der Waals surface area contributed by atoms with Crippen LogP contribution in [-0.4, -0.2) is 87.8 Å². The first-order valence-corrected chi connectivity index (χ1v) is 11.6. The van der Waals surface area contributed by atoms with Gasteiger partial charge in [0.1, 0.15) is 18.1 Å². The summed E-state index contributed by atoms with van der Waals surface area (Å²) >= 11 is 1.48. The highest BCUT2D eigenvalue weighted by molar-refractivity contribution is 7.98. The molecule has 3 amide bonds. The Labute approximate surface area is 191 Å². The Balaban J connectivity index is 5.30. The zero-order valence-corrected chi connectivity index (χ0v) is 19.3. The number of carbonyl (C=O) groups excluding carboxylic acids is 3. The first kappa shape index (κ1) is 29.6. The zero-order chi connectivity index (χ0) is 24.8. The van der Waals surface area contributed by atoms with E-state index < -0.39 is 72.8 Å². The second-order valence-corrected chi connectivity index (χ2v) is 8.32. The summed E-state index contributed by atoms with van der Waals surface area (Å²) in [5.41, 5.74) is 5.77. The maximum absolute atomic E-state index is 12.6. The Hall–Kier alpha value is -2.38. The van der Waals surface area contributed by atoms with E-state index in [-0.39, 0.29) is 6.42 Å². The van der Waals surface area contributed by atoms with Crippen LogP contribution >= 0.6 is 11.8 Å². The van der Waals surface area contributed by atoms with Crippen LogP contribution in [0.2, 0.25) is 0 Å². The van der Waals surface area contributed by atoms with Crippen molar-refractivity contribution in [3.8, 4) is 0 Å². The van der Waals surface area contributed by atoms with Crippen molar-refractivity contribution in [2.24, 2.45) is 11.7 Å². The average Bonchev–Trinajstić information content (AvgIpc) is 2.75. The van der Waals surface area contributed by atoms with Gasteiger partial charge in [-0.1, -0.05) is 20.3 Å². The van der Waals surface area contributed by atoms with Gasteiger partial charge in [-0.2, -0.15) is 11.8 Å². The molecule has 0 aromatic carbocycles. The molecular formula is C19H34N4O8S. The average molecular weight is 479 g/mol. The van der Waals surface area contributed by atoms with Gasteiger partial charge < -0.3 is 37.0 Å². The summed E-state index contributed by atoms with van der Waals surface area (Å²) in [5, 5.41) is 34.6. The van der Waals surface area contributed by atoms with E-state index >= 15 is 0 Å². The molecule has 0 aliphatic heterocycles. The Kier molecular flexibility index (Phi) is 14.3. The largest absolute Gasteiger partial charge is 0.481 e. The van der Waals surface area contributed by atoms with Gasteiger partial charge in [0.25, 0.3) is 0 Å². The fourth-order valence-corrected chi connectivity index (χ4v) is 3.08. The number of amides is 3. The maximum Gasteiger partial charge on any atom is 0.326 e.